The Morgan fingerprint density at radius 3 is 3.00 bits per heavy atom. The fraction of sp³-hybridized carbons (Fsp3) is 0.538. The van der Waals surface area contributed by atoms with Gasteiger partial charge in [0.05, 0.1) is 12.7 Å². The van der Waals surface area contributed by atoms with Crippen molar-refractivity contribution in [3.05, 3.63) is 28.2 Å². The second-order valence-corrected chi connectivity index (χ2v) is 5.44. The molecule has 1 unspecified atom stereocenters. The molecule has 2 N–H and O–H groups in total. The van der Waals surface area contributed by atoms with Gasteiger partial charge >= 0.3 is 0 Å². The Balaban J connectivity index is 2.00. The van der Waals surface area contributed by atoms with Gasteiger partial charge in [-0.15, -0.1) is 0 Å². The summed E-state index contributed by atoms with van der Waals surface area (Å²) < 4.78 is 6.72. The zero-order chi connectivity index (χ0) is 12.3. The van der Waals surface area contributed by atoms with E-state index in [0.29, 0.717) is 6.10 Å². The Morgan fingerprint density at radius 1 is 1.47 bits per heavy atom. The molecule has 4 heteroatoms. The first-order chi connectivity index (χ1) is 8.17. The molecule has 17 heavy (non-hydrogen) atoms. The van der Waals surface area contributed by atoms with Gasteiger partial charge in [0.25, 0.3) is 0 Å². The molecule has 3 nitrogen and oxygen atoms in total. The van der Waals surface area contributed by atoms with Crippen LogP contribution in [0.3, 0.4) is 0 Å². The third kappa shape index (κ3) is 3.69. The molecule has 1 atom stereocenters. The molecular weight excluding hydrogens is 280 g/mol. The number of nitrogens with two attached hydrogens (primary N) is 1. The summed E-state index contributed by atoms with van der Waals surface area (Å²) in [5.74, 6) is 0. The van der Waals surface area contributed by atoms with Crippen LogP contribution in [0.15, 0.2) is 22.7 Å². The van der Waals surface area contributed by atoms with Crippen molar-refractivity contribution in [2.24, 2.45) is 0 Å². The molecular formula is C13H19BrN2O. The third-order valence-corrected chi connectivity index (χ3v) is 3.52. The van der Waals surface area contributed by atoms with Crippen LogP contribution in [0.5, 0.6) is 0 Å². The number of nitrogens with zero attached hydrogens (tertiary/aromatic N) is 1. The maximum Gasteiger partial charge on any atom is 0.0700 e. The van der Waals surface area contributed by atoms with Gasteiger partial charge in [0, 0.05) is 29.8 Å². The van der Waals surface area contributed by atoms with Crippen LogP contribution in [0.25, 0.3) is 0 Å². The average Bonchev–Trinajstić information content (AvgIpc) is 2.28. The molecule has 0 aromatic heterocycles. The van der Waals surface area contributed by atoms with Gasteiger partial charge in [-0.05, 0) is 30.2 Å². The highest BCUT2D eigenvalue weighted by Gasteiger charge is 2.18. The maximum absolute atomic E-state index is 5.84. The minimum atomic E-state index is 0.383. The van der Waals surface area contributed by atoms with Gasteiger partial charge in [-0.1, -0.05) is 22.9 Å². The zero-order valence-corrected chi connectivity index (χ0v) is 11.7. The van der Waals surface area contributed by atoms with Crippen LogP contribution >= 0.6 is 15.9 Å². The van der Waals surface area contributed by atoms with E-state index in [1.54, 1.807) is 0 Å². The van der Waals surface area contributed by atoms with E-state index >= 15 is 0 Å². The Labute approximate surface area is 111 Å². The number of ether oxygens (including phenoxy) is 1. The van der Waals surface area contributed by atoms with Crippen molar-refractivity contribution in [3.8, 4) is 0 Å². The number of benzene rings is 1. The van der Waals surface area contributed by atoms with Gasteiger partial charge in [-0.2, -0.15) is 0 Å². The van der Waals surface area contributed by atoms with Gasteiger partial charge in [0.2, 0.25) is 0 Å². The van der Waals surface area contributed by atoms with Gasteiger partial charge < -0.3 is 10.5 Å². The van der Waals surface area contributed by atoms with Crippen LogP contribution in [0.1, 0.15) is 18.9 Å². The third-order valence-electron chi connectivity index (χ3n) is 3.06. The molecule has 94 valence electrons. The number of hydrogen-bond donors (Lipinski definition) is 1. The molecule has 0 radical (unpaired) electrons. The van der Waals surface area contributed by atoms with Crippen LogP contribution in [0, 0.1) is 0 Å². The summed E-state index contributed by atoms with van der Waals surface area (Å²) in [6.45, 7) is 5.97. The molecule has 1 aliphatic rings. The molecule has 0 aliphatic carbocycles. The lowest BCUT2D eigenvalue weighted by Crippen LogP contribution is -2.41. The summed E-state index contributed by atoms with van der Waals surface area (Å²) in [4.78, 5) is 2.43. The molecule has 1 saturated heterocycles. The molecule has 1 heterocycles. The smallest absolute Gasteiger partial charge is 0.0700 e. The van der Waals surface area contributed by atoms with E-state index in [1.807, 2.05) is 12.1 Å². The van der Waals surface area contributed by atoms with Crippen molar-refractivity contribution in [2.75, 3.05) is 25.4 Å². The molecule has 1 aliphatic heterocycles. The number of anilines is 1. The van der Waals surface area contributed by atoms with E-state index < -0.39 is 0 Å². The summed E-state index contributed by atoms with van der Waals surface area (Å²) in [6, 6.07) is 6.10. The Hall–Kier alpha value is -0.580. The lowest BCUT2D eigenvalue weighted by molar-refractivity contribution is -0.0324. The van der Waals surface area contributed by atoms with Gasteiger partial charge in [-0.3, -0.25) is 4.90 Å². The molecule has 0 bridgehead atoms. The number of rotatable bonds is 3. The summed E-state index contributed by atoms with van der Waals surface area (Å²) in [7, 11) is 0. The average molecular weight is 299 g/mol. The van der Waals surface area contributed by atoms with Gasteiger partial charge in [-0.25, -0.2) is 0 Å². The van der Waals surface area contributed by atoms with Crippen molar-refractivity contribution in [1.82, 2.24) is 4.90 Å². The van der Waals surface area contributed by atoms with Crippen molar-refractivity contribution in [2.45, 2.75) is 26.0 Å². The highest BCUT2D eigenvalue weighted by atomic mass is 79.9. The fourth-order valence-electron chi connectivity index (χ4n) is 2.20. The predicted molar refractivity (Wildman–Crippen MR) is 73.9 cm³/mol. The second kappa shape index (κ2) is 5.85. The lowest BCUT2D eigenvalue weighted by Gasteiger charge is -2.32. The van der Waals surface area contributed by atoms with Crippen molar-refractivity contribution < 1.29 is 4.74 Å². The van der Waals surface area contributed by atoms with Gasteiger partial charge in [0.1, 0.15) is 0 Å². The van der Waals surface area contributed by atoms with Crippen molar-refractivity contribution >= 4 is 21.6 Å². The van der Waals surface area contributed by atoms with Crippen LogP contribution in [0.4, 0.5) is 5.69 Å². The number of morpholine rings is 1. The fourth-order valence-corrected chi connectivity index (χ4v) is 2.75. The van der Waals surface area contributed by atoms with Crippen LogP contribution in [0.2, 0.25) is 0 Å². The molecule has 1 fully saturated rings. The predicted octanol–water partition coefficient (Wildman–Crippen LogP) is 2.64. The van der Waals surface area contributed by atoms with E-state index in [4.69, 9.17) is 10.5 Å². The van der Waals surface area contributed by atoms with Gasteiger partial charge in [0.15, 0.2) is 0 Å². The largest absolute Gasteiger partial charge is 0.399 e. The Kier molecular flexibility index (Phi) is 4.42. The first-order valence-corrected chi connectivity index (χ1v) is 6.85. The first-order valence-electron chi connectivity index (χ1n) is 6.06. The summed E-state index contributed by atoms with van der Waals surface area (Å²) in [6.07, 6.45) is 1.46. The highest BCUT2D eigenvalue weighted by Crippen LogP contribution is 2.19. The molecule has 0 amide bonds. The van der Waals surface area contributed by atoms with E-state index in [2.05, 4.69) is 33.8 Å². The standard InChI is InChI=1S/C13H19BrN2O/c1-2-13-9-16(3-4-17-13)8-10-5-11(14)7-12(15)6-10/h5-7,13H,2-4,8-9,15H2,1H3. The van der Waals surface area contributed by atoms with E-state index in [9.17, 15) is 0 Å². The topological polar surface area (TPSA) is 38.5 Å². The monoisotopic (exact) mass is 298 g/mol. The van der Waals surface area contributed by atoms with Crippen LogP contribution in [-0.4, -0.2) is 30.7 Å². The summed E-state index contributed by atoms with van der Waals surface area (Å²) in [5.41, 5.74) is 7.92. The Bertz CT molecular complexity index is 363. The number of nitrogen functional groups attached to an aromatic ring is 1. The lowest BCUT2D eigenvalue weighted by atomic mass is 10.1. The zero-order valence-electron chi connectivity index (χ0n) is 10.2. The van der Waals surface area contributed by atoms with E-state index in [0.717, 1.165) is 42.8 Å². The maximum atomic E-state index is 5.84. The van der Waals surface area contributed by atoms with E-state index in [-0.39, 0.29) is 0 Å². The summed E-state index contributed by atoms with van der Waals surface area (Å²) >= 11 is 3.48. The highest BCUT2D eigenvalue weighted by molar-refractivity contribution is 9.10. The van der Waals surface area contributed by atoms with Crippen LogP contribution in [-0.2, 0) is 11.3 Å². The van der Waals surface area contributed by atoms with E-state index in [1.165, 1.54) is 5.56 Å². The normalized spacial score (nSPS) is 21.6. The second-order valence-electron chi connectivity index (χ2n) is 4.53. The quantitative estimate of drug-likeness (QED) is 0.872. The van der Waals surface area contributed by atoms with Crippen molar-refractivity contribution in [3.63, 3.8) is 0 Å². The Morgan fingerprint density at radius 2 is 2.29 bits per heavy atom. The molecule has 2 rings (SSSR count). The SMILES string of the molecule is CCC1CN(Cc2cc(N)cc(Br)c2)CCO1. The molecule has 0 spiro atoms. The first kappa shape index (κ1) is 12.9. The number of halogens is 1. The molecule has 0 saturated carbocycles. The molecule has 1 aromatic carbocycles. The summed E-state index contributed by atoms with van der Waals surface area (Å²) in [5, 5.41) is 0. The minimum Gasteiger partial charge on any atom is -0.399 e. The number of hydrogen-bond acceptors (Lipinski definition) is 3. The van der Waals surface area contributed by atoms with Crippen LogP contribution < -0.4 is 5.73 Å². The van der Waals surface area contributed by atoms with Crippen molar-refractivity contribution in [1.29, 1.82) is 0 Å². The molecule has 1 aromatic rings. The minimum absolute atomic E-state index is 0.383.